The van der Waals surface area contributed by atoms with Crippen molar-refractivity contribution < 1.29 is 18.3 Å². The van der Waals surface area contributed by atoms with Crippen molar-refractivity contribution in [3.63, 3.8) is 0 Å². The number of esters is 1. The van der Waals surface area contributed by atoms with Crippen LogP contribution in [0, 0.1) is 3.57 Å². The van der Waals surface area contributed by atoms with Gasteiger partial charge in [-0.2, -0.15) is 0 Å². The van der Waals surface area contributed by atoms with Crippen LogP contribution in [0.4, 0.5) is 8.78 Å². The van der Waals surface area contributed by atoms with Crippen LogP contribution in [0.1, 0.15) is 29.4 Å². The smallest absolute Gasteiger partial charge is 0.358 e. The Morgan fingerprint density at radius 2 is 2.31 bits per heavy atom. The quantitative estimate of drug-likeness (QED) is 0.438. The zero-order valence-corrected chi connectivity index (χ0v) is 11.9. The number of hydrogen-bond acceptors (Lipinski definition) is 3. The molecule has 1 aromatic rings. The van der Waals surface area contributed by atoms with Gasteiger partial charge in [0.25, 0.3) is 6.43 Å². The Hall–Kier alpha value is -0.310. The molecule has 0 radical (unpaired) electrons. The molecule has 0 aliphatic rings. The average Bonchev–Trinajstić information content (AvgIpc) is 2.20. The summed E-state index contributed by atoms with van der Waals surface area (Å²) in [5.41, 5.74) is -0.198. The van der Waals surface area contributed by atoms with Gasteiger partial charge >= 0.3 is 5.97 Å². The Morgan fingerprint density at radius 1 is 1.69 bits per heavy atom. The number of nitrogens with zero attached hydrogens (tertiary/aromatic N) is 1. The van der Waals surface area contributed by atoms with Crippen LogP contribution >= 0.6 is 38.5 Å². The highest BCUT2D eigenvalue weighted by atomic mass is 127. The predicted molar refractivity (Wildman–Crippen MR) is 65.6 cm³/mol. The van der Waals surface area contributed by atoms with Crippen molar-refractivity contribution >= 4 is 44.5 Å². The van der Waals surface area contributed by atoms with Crippen LogP contribution < -0.4 is 0 Å². The summed E-state index contributed by atoms with van der Waals surface area (Å²) in [5, 5.41) is 0. The third-order valence-electron chi connectivity index (χ3n) is 1.66. The van der Waals surface area contributed by atoms with E-state index < -0.39 is 12.4 Å². The predicted octanol–water partition coefficient (Wildman–Crippen LogP) is 3.56. The standard InChI is InChI=1S/C9H7BrF2INO2/c1-2-16-9(15)6-5(13)3-4(8(11)12)7(10)14-6/h3,8H,2H2,1H3. The second-order valence-corrected chi connectivity index (χ2v) is 4.63. The third kappa shape index (κ3) is 3.09. The topological polar surface area (TPSA) is 39.2 Å². The molecule has 1 aromatic heterocycles. The lowest BCUT2D eigenvalue weighted by Crippen LogP contribution is -2.10. The van der Waals surface area contributed by atoms with E-state index in [9.17, 15) is 13.6 Å². The Morgan fingerprint density at radius 3 is 2.81 bits per heavy atom. The molecule has 0 fully saturated rings. The lowest BCUT2D eigenvalue weighted by Gasteiger charge is -2.07. The van der Waals surface area contributed by atoms with Gasteiger partial charge < -0.3 is 4.74 Å². The molecule has 0 saturated heterocycles. The maximum absolute atomic E-state index is 12.5. The van der Waals surface area contributed by atoms with Crippen LogP contribution in [0.25, 0.3) is 0 Å². The minimum atomic E-state index is -2.63. The summed E-state index contributed by atoms with van der Waals surface area (Å²) < 4.78 is 30.1. The van der Waals surface area contributed by atoms with Gasteiger partial charge in [0.2, 0.25) is 0 Å². The fourth-order valence-corrected chi connectivity index (χ4v) is 2.12. The number of rotatable bonds is 3. The molecule has 0 spiro atoms. The lowest BCUT2D eigenvalue weighted by atomic mass is 10.2. The van der Waals surface area contributed by atoms with Crippen LogP contribution in [-0.2, 0) is 4.74 Å². The van der Waals surface area contributed by atoms with Crippen LogP contribution in [0.3, 0.4) is 0 Å². The van der Waals surface area contributed by atoms with E-state index in [4.69, 9.17) is 4.74 Å². The molecule has 0 atom stereocenters. The van der Waals surface area contributed by atoms with E-state index >= 15 is 0 Å². The number of alkyl halides is 2. The van der Waals surface area contributed by atoms with Crippen LogP contribution in [0.5, 0.6) is 0 Å². The number of carbonyl (C=O) groups excluding carboxylic acids is 1. The van der Waals surface area contributed by atoms with Crippen molar-refractivity contribution in [2.45, 2.75) is 13.3 Å². The second kappa shape index (κ2) is 5.85. The number of pyridine rings is 1. The number of aromatic nitrogens is 1. The molecule has 0 unspecified atom stereocenters. The minimum absolute atomic E-state index is 0.0361. The highest BCUT2D eigenvalue weighted by Crippen LogP contribution is 2.28. The molecule has 0 aliphatic carbocycles. The molecule has 0 bridgehead atoms. The number of halogens is 4. The Balaban J connectivity index is 3.15. The molecule has 0 N–H and O–H groups in total. The number of carbonyl (C=O) groups is 1. The van der Waals surface area contributed by atoms with Crippen molar-refractivity contribution in [1.82, 2.24) is 4.98 Å². The Labute approximate surface area is 113 Å². The Kier molecular flexibility index (Phi) is 5.03. The molecule has 0 aliphatic heterocycles. The molecule has 88 valence electrons. The van der Waals surface area contributed by atoms with Crippen LogP contribution in [-0.4, -0.2) is 17.6 Å². The molecule has 3 nitrogen and oxygen atoms in total. The van der Waals surface area contributed by atoms with Crippen LogP contribution in [0.2, 0.25) is 0 Å². The van der Waals surface area contributed by atoms with Crippen molar-refractivity contribution in [3.05, 3.63) is 25.5 Å². The van der Waals surface area contributed by atoms with E-state index in [0.29, 0.717) is 3.57 Å². The molecule has 7 heteroatoms. The lowest BCUT2D eigenvalue weighted by molar-refractivity contribution is 0.0517. The first-order chi connectivity index (χ1) is 7.47. The largest absolute Gasteiger partial charge is 0.461 e. The fourth-order valence-electron chi connectivity index (χ4n) is 0.976. The van der Waals surface area contributed by atoms with Gasteiger partial charge in [-0.1, -0.05) is 0 Å². The fraction of sp³-hybridized carbons (Fsp3) is 0.333. The van der Waals surface area contributed by atoms with Gasteiger partial charge in [0.05, 0.1) is 12.2 Å². The molecule has 1 heterocycles. The van der Waals surface area contributed by atoms with E-state index in [2.05, 4.69) is 20.9 Å². The summed E-state index contributed by atoms with van der Waals surface area (Å²) in [6.45, 7) is 1.87. The van der Waals surface area contributed by atoms with Crippen molar-refractivity contribution in [1.29, 1.82) is 0 Å². The van der Waals surface area contributed by atoms with Gasteiger partial charge in [0.1, 0.15) is 4.60 Å². The molecular weight excluding hydrogens is 399 g/mol. The van der Waals surface area contributed by atoms with Gasteiger partial charge in [-0.15, -0.1) is 0 Å². The summed E-state index contributed by atoms with van der Waals surface area (Å²) in [4.78, 5) is 15.2. The van der Waals surface area contributed by atoms with E-state index in [1.54, 1.807) is 29.5 Å². The van der Waals surface area contributed by atoms with Gasteiger partial charge in [-0.25, -0.2) is 18.6 Å². The summed E-state index contributed by atoms with van der Waals surface area (Å²) >= 11 is 4.67. The molecular formula is C9H7BrF2INO2. The summed E-state index contributed by atoms with van der Waals surface area (Å²) in [6.07, 6.45) is -2.63. The normalized spacial score (nSPS) is 10.6. The summed E-state index contributed by atoms with van der Waals surface area (Å²) in [7, 11) is 0. The zero-order chi connectivity index (χ0) is 12.3. The maximum atomic E-state index is 12.5. The first-order valence-electron chi connectivity index (χ1n) is 4.28. The third-order valence-corrected chi connectivity index (χ3v) is 3.12. The van der Waals surface area contributed by atoms with Gasteiger partial charge in [-0.3, -0.25) is 0 Å². The molecule has 16 heavy (non-hydrogen) atoms. The highest BCUT2D eigenvalue weighted by molar-refractivity contribution is 14.1. The highest BCUT2D eigenvalue weighted by Gasteiger charge is 2.20. The monoisotopic (exact) mass is 405 g/mol. The first kappa shape index (κ1) is 13.8. The maximum Gasteiger partial charge on any atom is 0.358 e. The molecule has 0 amide bonds. The molecule has 0 aromatic carbocycles. The SMILES string of the molecule is CCOC(=O)c1nc(Br)c(C(F)F)cc1I. The van der Waals surface area contributed by atoms with Crippen LogP contribution in [0.15, 0.2) is 10.7 Å². The second-order valence-electron chi connectivity index (χ2n) is 2.72. The number of ether oxygens (including phenoxy) is 1. The van der Waals surface area contributed by atoms with Gasteiger partial charge in [0, 0.05) is 3.57 Å². The Bertz CT molecular complexity index is 415. The van der Waals surface area contributed by atoms with Crippen molar-refractivity contribution in [3.8, 4) is 0 Å². The van der Waals surface area contributed by atoms with E-state index in [1.807, 2.05) is 0 Å². The number of hydrogen-bond donors (Lipinski definition) is 0. The summed E-state index contributed by atoms with van der Waals surface area (Å²) in [5.74, 6) is -0.617. The zero-order valence-electron chi connectivity index (χ0n) is 8.14. The van der Waals surface area contributed by atoms with Gasteiger partial charge in [0.15, 0.2) is 5.69 Å². The van der Waals surface area contributed by atoms with Crippen molar-refractivity contribution in [2.24, 2.45) is 0 Å². The van der Waals surface area contributed by atoms with E-state index in [0.717, 1.165) is 0 Å². The first-order valence-corrected chi connectivity index (χ1v) is 6.15. The minimum Gasteiger partial charge on any atom is -0.461 e. The molecule has 1 rings (SSSR count). The summed E-state index contributed by atoms with van der Waals surface area (Å²) in [6, 6.07) is 1.22. The van der Waals surface area contributed by atoms with E-state index in [-0.39, 0.29) is 22.5 Å². The van der Waals surface area contributed by atoms with Gasteiger partial charge in [-0.05, 0) is 51.5 Å². The molecule has 0 saturated carbocycles. The average molecular weight is 406 g/mol. The van der Waals surface area contributed by atoms with Crippen molar-refractivity contribution in [2.75, 3.05) is 6.61 Å². The van der Waals surface area contributed by atoms with E-state index in [1.165, 1.54) is 6.07 Å².